The minimum absolute atomic E-state index is 0.886. The van der Waals surface area contributed by atoms with Crippen molar-refractivity contribution in [2.24, 2.45) is 0 Å². The van der Waals surface area contributed by atoms with E-state index < -0.39 is 0 Å². The average Bonchev–Trinajstić information content (AvgIpc) is 2.70. The molecule has 0 radical (unpaired) electrons. The second kappa shape index (κ2) is 5.97. The predicted molar refractivity (Wildman–Crippen MR) is 60.8 cm³/mol. The maximum Gasteiger partial charge on any atom is 0.137 e. The molecule has 0 aromatic carbocycles. The van der Waals surface area contributed by atoms with Gasteiger partial charge in [-0.2, -0.15) is 0 Å². The van der Waals surface area contributed by atoms with Crippen molar-refractivity contribution < 1.29 is 0 Å². The molecule has 0 unspecified atom stereocenters. The van der Waals surface area contributed by atoms with Gasteiger partial charge >= 0.3 is 0 Å². The van der Waals surface area contributed by atoms with Crippen LogP contribution in [0.15, 0.2) is 43.3 Å². The first-order chi connectivity index (χ1) is 6.88. The molecular weight excluding hydrogens is 172 g/mol. The van der Waals surface area contributed by atoms with Crippen LogP contribution in [0.4, 0.5) is 0 Å². The normalized spacial score (nSPS) is 12.2. The molecule has 0 saturated heterocycles. The zero-order chi connectivity index (χ0) is 10.2. The number of H-pyrrole nitrogens is 1. The first kappa shape index (κ1) is 10.5. The molecule has 0 bridgehead atoms. The monoisotopic (exact) mass is 188 g/mol. The topological polar surface area (TPSA) is 28.7 Å². The lowest BCUT2D eigenvalue weighted by Crippen LogP contribution is -1.83. The van der Waals surface area contributed by atoms with Crippen LogP contribution in [0.1, 0.15) is 25.6 Å². The Kier molecular flexibility index (Phi) is 4.48. The second-order valence-corrected chi connectivity index (χ2v) is 2.99. The van der Waals surface area contributed by atoms with E-state index in [2.05, 4.69) is 35.6 Å². The van der Waals surface area contributed by atoms with Crippen molar-refractivity contribution in [2.75, 3.05) is 0 Å². The molecule has 0 fully saturated rings. The van der Waals surface area contributed by atoms with Crippen LogP contribution in [0.5, 0.6) is 0 Å². The van der Waals surface area contributed by atoms with Crippen LogP contribution in [0.25, 0.3) is 5.57 Å². The predicted octanol–water partition coefficient (Wildman–Crippen LogP) is 3.34. The van der Waals surface area contributed by atoms with E-state index in [1.807, 2.05) is 12.3 Å². The summed E-state index contributed by atoms with van der Waals surface area (Å²) in [6, 6.07) is 0. The first-order valence-corrected chi connectivity index (χ1v) is 4.87. The highest BCUT2D eigenvalue weighted by molar-refractivity contribution is 5.70. The summed E-state index contributed by atoms with van der Waals surface area (Å²) in [4.78, 5) is 7.26. The summed E-state index contributed by atoms with van der Waals surface area (Å²) in [7, 11) is 0. The molecule has 74 valence electrons. The lowest BCUT2D eigenvalue weighted by atomic mass is 10.2. The SMILES string of the molecule is C=C/C=C(\C=C/CCC)c1ncc[nH]1. The molecule has 1 N–H and O–H groups in total. The number of nitrogens with one attached hydrogen (secondary N) is 1. The fourth-order valence-corrected chi connectivity index (χ4v) is 1.14. The number of hydrogen-bond donors (Lipinski definition) is 1. The summed E-state index contributed by atoms with van der Waals surface area (Å²) >= 11 is 0. The van der Waals surface area contributed by atoms with Crippen molar-refractivity contribution in [3.05, 3.63) is 49.1 Å². The van der Waals surface area contributed by atoms with Crippen LogP contribution >= 0.6 is 0 Å². The highest BCUT2D eigenvalue weighted by Crippen LogP contribution is 2.11. The molecule has 14 heavy (non-hydrogen) atoms. The quantitative estimate of drug-likeness (QED) is 0.705. The molecule has 0 saturated carbocycles. The number of allylic oxidation sites excluding steroid dienone is 5. The van der Waals surface area contributed by atoms with Crippen LogP contribution in [0, 0.1) is 0 Å². The molecule has 1 rings (SSSR count). The van der Waals surface area contributed by atoms with Gasteiger partial charge in [-0.1, -0.05) is 44.2 Å². The van der Waals surface area contributed by atoms with Crippen LogP contribution in [0.3, 0.4) is 0 Å². The van der Waals surface area contributed by atoms with Gasteiger partial charge in [-0.3, -0.25) is 0 Å². The smallest absolute Gasteiger partial charge is 0.137 e. The number of nitrogens with zero attached hydrogens (tertiary/aromatic N) is 1. The van der Waals surface area contributed by atoms with Gasteiger partial charge in [0.05, 0.1) is 0 Å². The Morgan fingerprint density at radius 3 is 3.07 bits per heavy atom. The third-order valence-electron chi connectivity index (χ3n) is 1.82. The number of hydrogen-bond acceptors (Lipinski definition) is 1. The van der Waals surface area contributed by atoms with Gasteiger partial charge in [-0.05, 0) is 6.42 Å². The van der Waals surface area contributed by atoms with E-state index in [0.29, 0.717) is 0 Å². The van der Waals surface area contributed by atoms with E-state index in [4.69, 9.17) is 0 Å². The number of unbranched alkanes of at least 4 members (excludes halogenated alkanes) is 1. The van der Waals surface area contributed by atoms with Crippen molar-refractivity contribution in [1.29, 1.82) is 0 Å². The maximum atomic E-state index is 4.19. The Bertz CT molecular complexity index is 318. The Morgan fingerprint density at radius 2 is 2.50 bits per heavy atom. The molecule has 2 heteroatoms. The summed E-state index contributed by atoms with van der Waals surface area (Å²) in [6.07, 6.45) is 13.8. The Labute approximate surface area is 85.1 Å². The summed E-state index contributed by atoms with van der Waals surface area (Å²) in [5.74, 6) is 0.886. The van der Waals surface area contributed by atoms with E-state index in [1.165, 1.54) is 0 Å². The van der Waals surface area contributed by atoms with Crippen LogP contribution in [0.2, 0.25) is 0 Å². The summed E-state index contributed by atoms with van der Waals surface area (Å²) in [6.45, 7) is 5.85. The molecule has 0 amide bonds. The fraction of sp³-hybridized carbons (Fsp3) is 0.250. The van der Waals surface area contributed by atoms with E-state index in [1.54, 1.807) is 12.3 Å². The van der Waals surface area contributed by atoms with E-state index in [0.717, 1.165) is 24.2 Å². The molecule has 0 atom stereocenters. The van der Waals surface area contributed by atoms with E-state index >= 15 is 0 Å². The van der Waals surface area contributed by atoms with E-state index in [-0.39, 0.29) is 0 Å². The molecule has 0 aliphatic carbocycles. The molecule has 0 aliphatic heterocycles. The van der Waals surface area contributed by atoms with Gasteiger partial charge < -0.3 is 4.98 Å². The Morgan fingerprint density at radius 1 is 1.64 bits per heavy atom. The molecule has 0 spiro atoms. The highest BCUT2D eigenvalue weighted by Gasteiger charge is 1.97. The third kappa shape index (κ3) is 3.05. The van der Waals surface area contributed by atoms with Crippen LogP contribution in [-0.2, 0) is 0 Å². The van der Waals surface area contributed by atoms with Crippen LogP contribution < -0.4 is 0 Å². The fourth-order valence-electron chi connectivity index (χ4n) is 1.14. The Hall–Kier alpha value is -1.57. The summed E-state index contributed by atoms with van der Waals surface area (Å²) in [5.41, 5.74) is 1.07. The number of imidazole rings is 1. The molecule has 1 aromatic rings. The minimum atomic E-state index is 0.886. The Balaban J connectivity index is 2.76. The number of aromatic nitrogens is 2. The maximum absolute atomic E-state index is 4.19. The standard InChI is InChI=1S/C12H16N2/c1-3-5-6-8-11(7-4-2)12-13-9-10-14-12/h4,6-10H,2-3,5H2,1H3,(H,13,14)/b8-6-,11-7+. The number of rotatable bonds is 5. The van der Waals surface area contributed by atoms with Gasteiger partial charge in [-0.25, -0.2) is 4.98 Å². The van der Waals surface area contributed by atoms with Crippen LogP contribution in [-0.4, -0.2) is 9.97 Å². The second-order valence-electron chi connectivity index (χ2n) is 2.99. The largest absolute Gasteiger partial charge is 0.345 e. The van der Waals surface area contributed by atoms with Crippen molar-refractivity contribution >= 4 is 5.57 Å². The van der Waals surface area contributed by atoms with Gasteiger partial charge in [0.1, 0.15) is 5.82 Å². The van der Waals surface area contributed by atoms with Gasteiger partial charge in [0.15, 0.2) is 0 Å². The van der Waals surface area contributed by atoms with Crippen molar-refractivity contribution in [3.8, 4) is 0 Å². The molecule has 1 heterocycles. The average molecular weight is 188 g/mol. The first-order valence-electron chi connectivity index (χ1n) is 4.87. The van der Waals surface area contributed by atoms with Gasteiger partial charge in [0.2, 0.25) is 0 Å². The third-order valence-corrected chi connectivity index (χ3v) is 1.82. The molecule has 1 aromatic heterocycles. The van der Waals surface area contributed by atoms with Crippen molar-refractivity contribution in [2.45, 2.75) is 19.8 Å². The summed E-state index contributed by atoms with van der Waals surface area (Å²) in [5, 5.41) is 0. The zero-order valence-corrected chi connectivity index (χ0v) is 8.53. The van der Waals surface area contributed by atoms with Crippen molar-refractivity contribution in [1.82, 2.24) is 9.97 Å². The number of aromatic amines is 1. The highest BCUT2D eigenvalue weighted by atomic mass is 14.9. The lowest BCUT2D eigenvalue weighted by molar-refractivity contribution is 0.959. The van der Waals surface area contributed by atoms with E-state index in [9.17, 15) is 0 Å². The van der Waals surface area contributed by atoms with Crippen molar-refractivity contribution in [3.63, 3.8) is 0 Å². The van der Waals surface area contributed by atoms with Gasteiger partial charge in [0.25, 0.3) is 0 Å². The molecular formula is C12H16N2. The minimum Gasteiger partial charge on any atom is -0.345 e. The van der Waals surface area contributed by atoms with Gasteiger partial charge in [-0.15, -0.1) is 0 Å². The molecule has 2 nitrogen and oxygen atoms in total. The summed E-state index contributed by atoms with van der Waals surface area (Å²) < 4.78 is 0. The zero-order valence-electron chi connectivity index (χ0n) is 8.53. The van der Waals surface area contributed by atoms with Gasteiger partial charge in [0, 0.05) is 18.0 Å². The lowest BCUT2D eigenvalue weighted by Gasteiger charge is -1.95. The molecule has 0 aliphatic rings.